The minimum absolute atomic E-state index is 0.260. The fraction of sp³-hybridized carbons (Fsp3) is 0.115. The number of para-hydroxylation sites is 1. The van der Waals surface area contributed by atoms with Gasteiger partial charge in [-0.2, -0.15) is 0 Å². The second-order valence-corrected chi connectivity index (χ2v) is 7.67. The first-order valence-corrected chi connectivity index (χ1v) is 10.6. The van der Waals surface area contributed by atoms with Gasteiger partial charge in [0.25, 0.3) is 5.91 Å². The fourth-order valence-electron chi connectivity index (χ4n) is 3.66. The van der Waals surface area contributed by atoms with E-state index >= 15 is 0 Å². The van der Waals surface area contributed by atoms with Gasteiger partial charge in [0.15, 0.2) is 0 Å². The predicted octanol–water partition coefficient (Wildman–Crippen LogP) is 4.03. The van der Waals surface area contributed by atoms with Gasteiger partial charge < -0.3 is 20.9 Å². The number of carbonyl (C=O) groups is 3. The number of H-pyrrole nitrogens is 1. The van der Waals surface area contributed by atoms with Crippen LogP contribution in [0, 0.1) is 6.92 Å². The average Bonchev–Trinajstić information content (AvgIpc) is 3.24. The lowest BCUT2D eigenvalue weighted by Crippen LogP contribution is -2.36. The van der Waals surface area contributed by atoms with Gasteiger partial charge in [-0.25, -0.2) is 0 Å². The molecule has 0 atom stereocenters. The van der Waals surface area contributed by atoms with E-state index in [0.29, 0.717) is 29.9 Å². The third-order valence-electron chi connectivity index (χ3n) is 5.32. The summed E-state index contributed by atoms with van der Waals surface area (Å²) in [5, 5.41) is 9.14. The summed E-state index contributed by atoms with van der Waals surface area (Å²) in [7, 11) is 0. The molecule has 3 aromatic carbocycles. The van der Waals surface area contributed by atoms with Gasteiger partial charge >= 0.3 is 11.8 Å². The van der Waals surface area contributed by atoms with E-state index in [2.05, 4.69) is 20.9 Å². The van der Waals surface area contributed by atoms with Crippen LogP contribution in [0.4, 0.5) is 11.4 Å². The van der Waals surface area contributed by atoms with E-state index in [-0.39, 0.29) is 5.91 Å². The molecule has 0 aliphatic heterocycles. The van der Waals surface area contributed by atoms with Crippen molar-refractivity contribution >= 4 is 40.0 Å². The smallest absolute Gasteiger partial charge is 0.313 e. The highest BCUT2D eigenvalue weighted by Crippen LogP contribution is 2.22. The summed E-state index contributed by atoms with van der Waals surface area (Å²) in [6, 6.07) is 21.5. The molecule has 1 heterocycles. The predicted molar refractivity (Wildman–Crippen MR) is 129 cm³/mol. The molecule has 3 amide bonds. The van der Waals surface area contributed by atoms with Crippen molar-refractivity contribution in [3.8, 4) is 0 Å². The van der Waals surface area contributed by atoms with Crippen molar-refractivity contribution in [3.63, 3.8) is 0 Å². The number of nitrogens with one attached hydrogen (secondary N) is 4. The Kier molecular flexibility index (Phi) is 6.50. The number of rotatable bonds is 6. The minimum Gasteiger partial charge on any atom is -0.361 e. The number of aromatic amines is 1. The first-order valence-electron chi connectivity index (χ1n) is 10.6. The standard InChI is InChI=1S/C26H24N4O3/c1-17-6-5-9-22-23(17)19(16-28-22)14-15-27-25(32)26(33)30-21-12-10-18(11-13-21)24(31)29-20-7-3-2-4-8-20/h2-13,16,28H,14-15H2,1H3,(H,27,32)(H,29,31)(H,30,33). The van der Waals surface area contributed by atoms with Gasteiger partial charge in [0, 0.05) is 40.6 Å². The Morgan fingerprint density at radius 1 is 0.788 bits per heavy atom. The number of amides is 3. The number of benzene rings is 3. The molecule has 0 saturated heterocycles. The van der Waals surface area contributed by atoms with E-state index in [0.717, 1.165) is 22.0 Å². The van der Waals surface area contributed by atoms with E-state index in [9.17, 15) is 14.4 Å². The molecular weight excluding hydrogens is 416 g/mol. The van der Waals surface area contributed by atoms with Gasteiger partial charge in [-0.05, 0) is 66.9 Å². The molecule has 0 saturated carbocycles. The number of aromatic nitrogens is 1. The molecule has 0 aliphatic rings. The molecule has 0 spiro atoms. The molecule has 7 nitrogen and oxygen atoms in total. The van der Waals surface area contributed by atoms with Crippen molar-refractivity contribution < 1.29 is 14.4 Å². The summed E-state index contributed by atoms with van der Waals surface area (Å²) in [5.41, 5.74) is 4.87. The molecule has 0 unspecified atom stereocenters. The molecule has 0 aliphatic carbocycles. The second kappa shape index (κ2) is 9.82. The maximum absolute atomic E-state index is 12.3. The van der Waals surface area contributed by atoms with Crippen LogP contribution in [-0.2, 0) is 16.0 Å². The van der Waals surface area contributed by atoms with Crippen LogP contribution >= 0.6 is 0 Å². The van der Waals surface area contributed by atoms with Crippen molar-refractivity contribution in [3.05, 3.63) is 95.7 Å². The van der Waals surface area contributed by atoms with Gasteiger partial charge in [-0.3, -0.25) is 14.4 Å². The van der Waals surface area contributed by atoms with E-state index in [1.807, 2.05) is 49.5 Å². The molecular formula is C26H24N4O3. The molecule has 1 aromatic heterocycles. The number of aryl methyl sites for hydroxylation is 1. The van der Waals surface area contributed by atoms with Crippen LogP contribution in [0.1, 0.15) is 21.5 Å². The van der Waals surface area contributed by atoms with Crippen molar-refractivity contribution in [1.82, 2.24) is 10.3 Å². The van der Waals surface area contributed by atoms with Gasteiger partial charge in [0.2, 0.25) is 0 Å². The molecule has 166 valence electrons. The van der Waals surface area contributed by atoms with Crippen molar-refractivity contribution in [1.29, 1.82) is 0 Å². The topological polar surface area (TPSA) is 103 Å². The normalized spacial score (nSPS) is 10.6. The van der Waals surface area contributed by atoms with Crippen LogP contribution in [0.15, 0.2) is 79.0 Å². The molecule has 4 N–H and O–H groups in total. The molecule has 33 heavy (non-hydrogen) atoms. The quantitative estimate of drug-likeness (QED) is 0.341. The average molecular weight is 441 g/mol. The van der Waals surface area contributed by atoms with Crippen molar-refractivity contribution in [2.45, 2.75) is 13.3 Å². The summed E-state index contributed by atoms with van der Waals surface area (Å²) in [4.78, 5) is 39.9. The number of anilines is 2. The van der Waals surface area contributed by atoms with E-state index in [4.69, 9.17) is 0 Å². The first-order chi connectivity index (χ1) is 16.0. The highest BCUT2D eigenvalue weighted by Gasteiger charge is 2.14. The van der Waals surface area contributed by atoms with Crippen molar-refractivity contribution in [2.75, 3.05) is 17.2 Å². The van der Waals surface area contributed by atoms with Crippen LogP contribution < -0.4 is 16.0 Å². The monoisotopic (exact) mass is 440 g/mol. The zero-order chi connectivity index (χ0) is 23.2. The molecule has 4 rings (SSSR count). The Morgan fingerprint density at radius 3 is 2.27 bits per heavy atom. The third-order valence-corrected chi connectivity index (χ3v) is 5.32. The largest absolute Gasteiger partial charge is 0.361 e. The molecule has 0 radical (unpaired) electrons. The lowest BCUT2D eigenvalue weighted by atomic mass is 10.1. The zero-order valence-corrected chi connectivity index (χ0v) is 18.1. The van der Waals surface area contributed by atoms with Gasteiger partial charge in [0.1, 0.15) is 0 Å². The number of carbonyl (C=O) groups excluding carboxylic acids is 3. The summed E-state index contributed by atoms with van der Waals surface area (Å²) in [6.07, 6.45) is 2.54. The van der Waals surface area contributed by atoms with Crippen LogP contribution in [0.2, 0.25) is 0 Å². The highest BCUT2D eigenvalue weighted by molar-refractivity contribution is 6.39. The molecule has 7 heteroatoms. The summed E-state index contributed by atoms with van der Waals surface area (Å²) in [6.45, 7) is 2.38. The SMILES string of the molecule is Cc1cccc2[nH]cc(CCNC(=O)C(=O)Nc3ccc(C(=O)Nc4ccccc4)cc3)c12. The van der Waals surface area contributed by atoms with E-state index in [1.165, 1.54) is 0 Å². The maximum atomic E-state index is 12.3. The van der Waals surface area contributed by atoms with Gasteiger partial charge in [-0.15, -0.1) is 0 Å². The lowest BCUT2D eigenvalue weighted by molar-refractivity contribution is -0.136. The van der Waals surface area contributed by atoms with E-state index < -0.39 is 11.8 Å². The fourth-order valence-corrected chi connectivity index (χ4v) is 3.66. The Hall–Kier alpha value is -4.39. The van der Waals surface area contributed by atoms with Gasteiger partial charge in [-0.1, -0.05) is 30.3 Å². The van der Waals surface area contributed by atoms with Crippen LogP contribution in [0.5, 0.6) is 0 Å². The Balaban J connectivity index is 1.28. The number of hydrogen-bond acceptors (Lipinski definition) is 3. The van der Waals surface area contributed by atoms with Crippen LogP contribution in [-0.4, -0.2) is 29.3 Å². The van der Waals surface area contributed by atoms with Crippen molar-refractivity contribution in [2.24, 2.45) is 0 Å². The van der Waals surface area contributed by atoms with Crippen LogP contribution in [0.3, 0.4) is 0 Å². The lowest BCUT2D eigenvalue weighted by Gasteiger charge is -2.08. The Labute approximate surface area is 191 Å². The first kappa shape index (κ1) is 21.8. The summed E-state index contributed by atoms with van der Waals surface area (Å²) >= 11 is 0. The molecule has 0 bridgehead atoms. The zero-order valence-electron chi connectivity index (χ0n) is 18.1. The summed E-state index contributed by atoms with van der Waals surface area (Å²) < 4.78 is 0. The Morgan fingerprint density at radius 2 is 1.52 bits per heavy atom. The second-order valence-electron chi connectivity index (χ2n) is 7.67. The molecule has 0 fully saturated rings. The number of fused-ring (bicyclic) bond motifs is 1. The van der Waals surface area contributed by atoms with Gasteiger partial charge in [0.05, 0.1) is 0 Å². The maximum Gasteiger partial charge on any atom is 0.313 e. The third kappa shape index (κ3) is 5.27. The minimum atomic E-state index is -0.758. The number of hydrogen-bond donors (Lipinski definition) is 4. The van der Waals surface area contributed by atoms with Crippen LogP contribution in [0.25, 0.3) is 10.9 Å². The van der Waals surface area contributed by atoms with E-state index in [1.54, 1.807) is 36.4 Å². The Bertz CT molecular complexity index is 1290. The molecule has 4 aromatic rings. The highest BCUT2D eigenvalue weighted by atomic mass is 16.2. The summed E-state index contributed by atoms with van der Waals surface area (Å²) in [5.74, 6) is -1.73.